The van der Waals surface area contributed by atoms with Crippen molar-refractivity contribution in [1.29, 1.82) is 0 Å². The van der Waals surface area contributed by atoms with Crippen LogP contribution in [0.15, 0.2) is 29.2 Å². The fourth-order valence-corrected chi connectivity index (χ4v) is 1.81. The maximum absolute atomic E-state index is 11.6. The maximum atomic E-state index is 11.6. The molecule has 0 saturated heterocycles. The zero-order valence-corrected chi connectivity index (χ0v) is 10.7. The van der Waals surface area contributed by atoms with Crippen LogP contribution in [0, 0.1) is 0 Å². The van der Waals surface area contributed by atoms with Crippen molar-refractivity contribution in [3.05, 3.63) is 29.8 Å². The van der Waals surface area contributed by atoms with Crippen LogP contribution in [-0.4, -0.2) is 32.7 Å². The lowest BCUT2D eigenvalue weighted by atomic mass is 10.2. The van der Waals surface area contributed by atoms with E-state index < -0.39 is 27.8 Å². The van der Waals surface area contributed by atoms with Crippen LogP contribution in [0.5, 0.6) is 0 Å². The van der Waals surface area contributed by atoms with Crippen LogP contribution in [-0.2, 0) is 19.4 Å². The van der Waals surface area contributed by atoms with E-state index in [1.165, 1.54) is 31.2 Å². The highest BCUT2D eigenvalue weighted by Crippen LogP contribution is 2.12. The summed E-state index contributed by atoms with van der Waals surface area (Å²) in [7, 11) is -3.40. The Morgan fingerprint density at radius 1 is 1.33 bits per heavy atom. The van der Waals surface area contributed by atoms with Gasteiger partial charge in [0.25, 0.3) is 5.91 Å². The number of carbonyl (C=O) groups is 2. The molecule has 0 radical (unpaired) electrons. The van der Waals surface area contributed by atoms with Crippen molar-refractivity contribution in [2.45, 2.75) is 17.9 Å². The molecule has 1 unspecified atom stereocenters. The van der Waals surface area contributed by atoms with Gasteiger partial charge in [-0.3, -0.25) is 4.79 Å². The number of carbonyl (C=O) groups excluding carboxylic acids is 2. The summed E-state index contributed by atoms with van der Waals surface area (Å²) in [5.41, 5.74) is 5.00. The van der Waals surface area contributed by atoms with Gasteiger partial charge >= 0.3 is 5.97 Å². The summed E-state index contributed by atoms with van der Waals surface area (Å²) in [5.74, 6) is -1.57. The number of hydrogen-bond acceptors (Lipinski definition) is 5. The van der Waals surface area contributed by atoms with Crippen molar-refractivity contribution in [2.24, 2.45) is 5.73 Å². The van der Waals surface area contributed by atoms with Gasteiger partial charge in [-0.1, -0.05) is 6.07 Å². The first-order chi connectivity index (χ1) is 8.21. The lowest BCUT2D eigenvalue weighted by Crippen LogP contribution is -2.30. The normalized spacial score (nSPS) is 12.8. The highest BCUT2D eigenvalue weighted by molar-refractivity contribution is 7.90. The van der Waals surface area contributed by atoms with Gasteiger partial charge in [0.1, 0.15) is 0 Å². The van der Waals surface area contributed by atoms with E-state index in [0.29, 0.717) is 0 Å². The molecule has 0 aliphatic heterocycles. The first kappa shape index (κ1) is 14.2. The Balaban J connectivity index is 2.98. The molecule has 0 heterocycles. The molecule has 1 aromatic carbocycles. The van der Waals surface area contributed by atoms with Gasteiger partial charge in [-0.2, -0.15) is 0 Å². The van der Waals surface area contributed by atoms with Gasteiger partial charge in [-0.15, -0.1) is 0 Å². The zero-order chi connectivity index (χ0) is 13.9. The predicted octanol–water partition coefficient (Wildman–Crippen LogP) is 0.121. The number of ether oxygens (including phenoxy) is 1. The van der Waals surface area contributed by atoms with Crippen LogP contribution in [0.1, 0.15) is 17.3 Å². The number of amides is 1. The van der Waals surface area contributed by atoms with Crippen molar-refractivity contribution >= 4 is 21.7 Å². The minimum atomic E-state index is -3.40. The monoisotopic (exact) mass is 271 g/mol. The summed E-state index contributed by atoms with van der Waals surface area (Å²) < 4.78 is 27.4. The van der Waals surface area contributed by atoms with Crippen molar-refractivity contribution in [1.82, 2.24) is 0 Å². The summed E-state index contributed by atoms with van der Waals surface area (Å²) in [6, 6.07) is 5.36. The van der Waals surface area contributed by atoms with E-state index in [2.05, 4.69) is 0 Å². The van der Waals surface area contributed by atoms with Gasteiger partial charge in [-0.25, -0.2) is 13.2 Å². The Kier molecular flexibility index (Phi) is 4.07. The van der Waals surface area contributed by atoms with E-state index in [1.807, 2.05) is 0 Å². The van der Waals surface area contributed by atoms with Crippen molar-refractivity contribution in [3.63, 3.8) is 0 Å². The molecule has 0 aromatic heterocycles. The Morgan fingerprint density at radius 2 is 1.94 bits per heavy atom. The molecule has 0 aliphatic rings. The van der Waals surface area contributed by atoms with Crippen molar-refractivity contribution in [3.8, 4) is 0 Å². The largest absolute Gasteiger partial charge is 0.449 e. The fraction of sp³-hybridized carbons (Fsp3) is 0.273. The van der Waals surface area contributed by atoms with Gasteiger partial charge in [0.2, 0.25) is 0 Å². The molecule has 18 heavy (non-hydrogen) atoms. The van der Waals surface area contributed by atoms with Crippen LogP contribution in [0.2, 0.25) is 0 Å². The third-order valence-corrected chi connectivity index (χ3v) is 3.29. The average molecular weight is 271 g/mol. The van der Waals surface area contributed by atoms with Crippen molar-refractivity contribution < 1.29 is 22.7 Å². The third kappa shape index (κ3) is 3.56. The molecule has 7 heteroatoms. The molecule has 1 aromatic rings. The number of sulfone groups is 1. The third-order valence-electron chi connectivity index (χ3n) is 2.18. The number of nitrogens with two attached hydrogens (primary N) is 1. The molecule has 0 bridgehead atoms. The minimum absolute atomic E-state index is 0.00341. The fourth-order valence-electron chi connectivity index (χ4n) is 1.14. The second kappa shape index (κ2) is 5.18. The van der Waals surface area contributed by atoms with Crippen LogP contribution in [0.25, 0.3) is 0 Å². The van der Waals surface area contributed by atoms with Gasteiger partial charge in [0, 0.05) is 6.26 Å². The second-order valence-corrected chi connectivity index (χ2v) is 5.77. The molecule has 98 valence electrons. The zero-order valence-electron chi connectivity index (χ0n) is 9.91. The highest BCUT2D eigenvalue weighted by atomic mass is 32.2. The molecule has 0 saturated carbocycles. The predicted molar refractivity (Wildman–Crippen MR) is 63.6 cm³/mol. The maximum Gasteiger partial charge on any atom is 0.338 e. The standard InChI is InChI=1S/C11H13NO5S/c1-7(10(12)13)17-11(14)8-4-3-5-9(6-8)18(2,15)16/h3-7H,1-2H3,(H2,12,13). The molecule has 1 atom stereocenters. The lowest BCUT2D eigenvalue weighted by molar-refractivity contribution is -0.125. The molecule has 1 amide bonds. The Bertz CT molecular complexity index is 579. The molecular weight excluding hydrogens is 258 g/mol. The van der Waals surface area contributed by atoms with E-state index in [0.717, 1.165) is 6.26 Å². The van der Waals surface area contributed by atoms with E-state index >= 15 is 0 Å². The highest BCUT2D eigenvalue weighted by Gasteiger charge is 2.17. The smallest absolute Gasteiger partial charge is 0.338 e. The first-order valence-electron chi connectivity index (χ1n) is 5.02. The number of hydrogen-bond donors (Lipinski definition) is 1. The molecule has 0 spiro atoms. The Labute approximate surface area is 105 Å². The Morgan fingerprint density at radius 3 is 2.44 bits per heavy atom. The first-order valence-corrected chi connectivity index (χ1v) is 6.91. The van der Waals surface area contributed by atoms with Crippen LogP contribution < -0.4 is 5.73 Å². The summed E-state index contributed by atoms with van der Waals surface area (Å²) in [6.07, 6.45) is -0.0388. The molecule has 0 fully saturated rings. The van der Waals surface area contributed by atoms with E-state index in [1.54, 1.807) is 0 Å². The number of primary amides is 1. The van der Waals surface area contributed by atoms with Crippen LogP contribution in [0.3, 0.4) is 0 Å². The molecule has 1 rings (SSSR count). The average Bonchev–Trinajstić information content (AvgIpc) is 2.27. The molecule has 0 aliphatic carbocycles. The van der Waals surface area contributed by atoms with Crippen LogP contribution >= 0.6 is 0 Å². The topological polar surface area (TPSA) is 104 Å². The molecular formula is C11H13NO5S. The van der Waals surface area contributed by atoms with Crippen molar-refractivity contribution in [2.75, 3.05) is 6.26 Å². The number of rotatable bonds is 4. The van der Waals surface area contributed by atoms with Gasteiger partial charge in [0.05, 0.1) is 10.5 Å². The quantitative estimate of drug-likeness (QED) is 0.783. The summed E-state index contributed by atoms with van der Waals surface area (Å²) in [6.45, 7) is 1.33. The Hall–Kier alpha value is -1.89. The van der Waals surface area contributed by atoms with E-state index in [4.69, 9.17) is 10.5 Å². The molecule has 2 N–H and O–H groups in total. The SMILES string of the molecule is CC(OC(=O)c1cccc(S(C)(=O)=O)c1)C(N)=O. The van der Waals surface area contributed by atoms with Crippen LogP contribution in [0.4, 0.5) is 0 Å². The second-order valence-electron chi connectivity index (χ2n) is 3.75. The van der Waals surface area contributed by atoms with E-state index in [-0.39, 0.29) is 10.5 Å². The summed E-state index contributed by atoms with van der Waals surface area (Å²) >= 11 is 0. The number of benzene rings is 1. The van der Waals surface area contributed by atoms with E-state index in [9.17, 15) is 18.0 Å². The lowest BCUT2D eigenvalue weighted by Gasteiger charge is -2.09. The number of esters is 1. The minimum Gasteiger partial charge on any atom is -0.449 e. The molecule has 6 nitrogen and oxygen atoms in total. The van der Waals surface area contributed by atoms with Gasteiger partial charge < -0.3 is 10.5 Å². The van der Waals surface area contributed by atoms with Gasteiger partial charge in [-0.05, 0) is 25.1 Å². The summed E-state index contributed by atoms with van der Waals surface area (Å²) in [4.78, 5) is 22.4. The summed E-state index contributed by atoms with van der Waals surface area (Å²) in [5, 5.41) is 0. The van der Waals surface area contributed by atoms with Gasteiger partial charge in [0.15, 0.2) is 15.9 Å².